The predicted molar refractivity (Wildman–Crippen MR) is 43.7 cm³/mol. The molecular formula is C8H10S. The number of benzene rings is 1. The maximum absolute atomic E-state index is 7.52. The van der Waals surface area contributed by atoms with Crippen molar-refractivity contribution in [3.8, 4) is 0 Å². The van der Waals surface area contributed by atoms with Crippen LogP contribution >= 0.6 is 11.8 Å². The maximum Gasteiger partial charge on any atom is 0.0430 e. The molecule has 0 aliphatic rings. The van der Waals surface area contributed by atoms with E-state index in [1.54, 1.807) is 11.8 Å². The summed E-state index contributed by atoms with van der Waals surface area (Å²) in [6, 6.07) is 9.86. The number of hydrogen-bond acceptors (Lipinski definition) is 1. The summed E-state index contributed by atoms with van der Waals surface area (Å²) >= 11 is 1.54. The second-order valence-electron chi connectivity index (χ2n) is 1.76. The van der Waals surface area contributed by atoms with Crippen LogP contribution in [0.3, 0.4) is 0 Å². The number of thioether (sulfide) groups is 1. The summed E-state index contributed by atoms with van der Waals surface area (Å²) in [6.07, 6.45) is 1.95. The molecule has 0 saturated carbocycles. The van der Waals surface area contributed by atoms with Crippen LogP contribution in [0.5, 0.6) is 0 Å². The fourth-order valence-corrected chi connectivity index (χ4v) is 1.10. The van der Waals surface area contributed by atoms with Gasteiger partial charge in [-0.25, -0.2) is 0 Å². The maximum atomic E-state index is 7.52. The van der Waals surface area contributed by atoms with Gasteiger partial charge in [-0.05, 0) is 11.8 Å². The van der Waals surface area contributed by atoms with Crippen molar-refractivity contribution in [1.82, 2.24) is 0 Å². The summed E-state index contributed by atoms with van der Waals surface area (Å²) < 4.78 is 7.52. The quantitative estimate of drug-likeness (QED) is 0.606. The molecule has 0 unspecified atom stereocenters. The van der Waals surface area contributed by atoms with Crippen molar-refractivity contribution >= 4 is 11.8 Å². The second-order valence-corrected chi connectivity index (χ2v) is 2.47. The number of rotatable bonds is 2. The Labute approximate surface area is 61.7 Å². The van der Waals surface area contributed by atoms with Crippen LogP contribution in [0.25, 0.3) is 0 Å². The lowest BCUT2D eigenvalue weighted by atomic mass is 10.2. The van der Waals surface area contributed by atoms with Gasteiger partial charge in [-0.3, -0.25) is 0 Å². The molecule has 0 spiro atoms. The van der Waals surface area contributed by atoms with Crippen LogP contribution in [0, 0.1) is 0 Å². The number of hydrogen-bond donors (Lipinski definition) is 0. The summed E-state index contributed by atoms with van der Waals surface area (Å²) in [6.45, 7) is 0. The third-order valence-corrected chi connectivity index (χ3v) is 1.56. The highest BCUT2D eigenvalue weighted by molar-refractivity contribution is 7.97. The van der Waals surface area contributed by atoms with E-state index in [1.165, 1.54) is 0 Å². The highest BCUT2D eigenvalue weighted by Crippen LogP contribution is 2.06. The fourth-order valence-electron chi connectivity index (χ4n) is 0.668. The first-order valence-corrected chi connectivity index (χ1v) is 4.13. The van der Waals surface area contributed by atoms with E-state index < -0.39 is 0 Å². The lowest BCUT2D eigenvalue weighted by Crippen LogP contribution is -1.74. The van der Waals surface area contributed by atoms with E-state index in [0.717, 1.165) is 5.56 Å². The Hall–Kier alpha value is -0.430. The van der Waals surface area contributed by atoms with Crippen LogP contribution in [-0.2, 0) is 5.73 Å². The molecule has 1 rings (SSSR count). The van der Waals surface area contributed by atoms with Crippen LogP contribution in [0.2, 0.25) is 0 Å². The molecule has 0 aliphatic heterocycles. The molecule has 1 atom stereocenters. The third-order valence-electron chi connectivity index (χ3n) is 1.05. The zero-order valence-corrected chi connectivity index (χ0v) is 6.19. The average molecular weight is 139 g/mol. The van der Waals surface area contributed by atoms with E-state index >= 15 is 0 Å². The molecule has 1 heteroatoms. The summed E-state index contributed by atoms with van der Waals surface area (Å²) in [4.78, 5) is 0. The van der Waals surface area contributed by atoms with E-state index in [-0.39, 0.29) is 5.73 Å². The monoisotopic (exact) mass is 139 g/mol. The van der Waals surface area contributed by atoms with Gasteiger partial charge in [0, 0.05) is 7.10 Å². The minimum Gasteiger partial charge on any atom is -0.161 e. The third kappa shape index (κ3) is 2.10. The average Bonchev–Trinajstić information content (AvgIpc) is 2.05. The van der Waals surface area contributed by atoms with E-state index in [9.17, 15) is 0 Å². The van der Waals surface area contributed by atoms with Gasteiger partial charge in [-0.2, -0.15) is 11.8 Å². The minimum absolute atomic E-state index is 0.124. The van der Waals surface area contributed by atoms with Gasteiger partial charge in [0.25, 0.3) is 0 Å². The highest BCUT2D eigenvalue weighted by atomic mass is 32.2. The van der Waals surface area contributed by atoms with Crippen molar-refractivity contribution < 1.29 is 1.37 Å². The van der Waals surface area contributed by atoms with Gasteiger partial charge < -0.3 is 0 Å². The Morgan fingerprint density at radius 2 is 2.11 bits per heavy atom. The summed E-state index contributed by atoms with van der Waals surface area (Å²) in [7, 11) is 0. The van der Waals surface area contributed by atoms with Crippen molar-refractivity contribution in [2.24, 2.45) is 0 Å². The SMILES string of the molecule is [2H][C@@H](SC)c1ccccc1. The predicted octanol–water partition coefficient (Wildman–Crippen LogP) is 2.55. The van der Waals surface area contributed by atoms with Crippen LogP contribution < -0.4 is 0 Å². The fraction of sp³-hybridized carbons (Fsp3) is 0.250. The summed E-state index contributed by atoms with van der Waals surface area (Å²) in [5, 5.41) is 0. The van der Waals surface area contributed by atoms with Crippen LogP contribution in [0.1, 0.15) is 6.93 Å². The summed E-state index contributed by atoms with van der Waals surface area (Å²) in [5.74, 6) is 0. The second kappa shape index (κ2) is 3.57. The molecule has 0 aromatic heterocycles. The van der Waals surface area contributed by atoms with Crippen LogP contribution in [-0.4, -0.2) is 6.26 Å². The van der Waals surface area contributed by atoms with Crippen LogP contribution in [0.15, 0.2) is 30.3 Å². The van der Waals surface area contributed by atoms with Gasteiger partial charge in [0.05, 0.1) is 0 Å². The van der Waals surface area contributed by atoms with E-state index in [0.29, 0.717) is 0 Å². The molecule has 0 nitrogen and oxygen atoms in total. The van der Waals surface area contributed by atoms with Gasteiger partial charge >= 0.3 is 0 Å². The molecule has 9 heavy (non-hydrogen) atoms. The molecule has 0 N–H and O–H groups in total. The normalized spacial score (nSPS) is 14.6. The van der Waals surface area contributed by atoms with Gasteiger partial charge in [-0.1, -0.05) is 30.3 Å². The molecule has 0 heterocycles. The van der Waals surface area contributed by atoms with E-state index in [2.05, 4.69) is 0 Å². The molecule has 48 valence electrons. The standard InChI is InChI=1S/C8H10S/c1-9-7-8-5-3-2-4-6-8/h2-6H,7H2,1H3/i7D/t7-/m1/s1. The molecule has 0 fully saturated rings. The first-order valence-electron chi connectivity index (χ1n) is 3.42. The lowest BCUT2D eigenvalue weighted by Gasteiger charge is -1.93. The van der Waals surface area contributed by atoms with E-state index in [4.69, 9.17) is 1.37 Å². The largest absolute Gasteiger partial charge is 0.161 e. The smallest absolute Gasteiger partial charge is 0.0430 e. The van der Waals surface area contributed by atoms with E-state index in [1.807, 2.05) is 36.6 Å². The Bertz CT molecular complexity index is 186. The highest BCUT2D eigenvalue weighted by Gasteiger charge is 1.84. The van der Waals surface area contributed by atoms with Crippen molar-refractivity contribution in [2.75, 3.05) is 6.26 Å². The Morgan fingerprint density at radius 3 is 2.67 bits per heavy atom. The molecule has 0 amide bonds. The molecule has 0 saturated heterocycles. The first-order chi connectivity index (χ1) is 4.84. The molecule has 1 aromatic rings. The Morgan fingerprint density at radius 1 is 1.44 bits per heavy atom. The molecule has 0 bridgehead atoms. The van der Waals surface area contributed by atoms with Gasteiger partial charge in [0.1, 0.15) is 0 Å². The van der Waals surface area contributed by atoms with Crippen molar-refractivity contribution in [3.05, 3.63) is 35.9 Å². The molecule has 0 radical (unpaired) electrons. The van der Waals surface area contributed by atoms with Crippen molar-refractivity contribution in [2.45, 2.75) is 5.73 Å². The van der Waals surface area contributed by atoms with Crippen LogP contribution in [0.4, 0.5) is 0 Å². The topological polar surface area (TPSA) is 0 Å². The Kier molecular flexibility index (Phi) is 2.13. The van der Waals surface area contributed by atoms with Crippen molar-refractivity contribution in [3.63, 3.8) is 0 Å². The Balaban J connectivity index is 2.75. The van der Waals surface area contributed by atoms with Gasteiger partial charge in [0.2, 0.25) is 0 Å². The zero-order valence-electron chi connectivity index (χ0n) is 6.37. The first kappa shape index (κ1) is 5.36. The van der Waals surface area contributed by atoms with Gasteiger partial charge in [-0.15, -0.1) is 0 Å². The molecular weight excluding hydrogens is 128 g/mol. The zero-order chi connectivity index (χ0) is 7.40. The molecule has 1 aromatic carbocycles. The van der Waals surface area contributed by atoms with Crippen molar-refractivity contribution in [1.29, 1.82) is 0 Å². The molecule has 0 aliphatic carbocycles. The minimum atomic E-state index is -0.124. The lowest BCUT2D eigenvalue weighted by molar-refractivity contribution is 1.42. The van der Waals surface area contributed by atoms with Gasteiger partial charge in [0.15, 0.2) is 0 Å². The summed E-state index contributed by atoms with van der Waals surface area (Å²) in [5.41, 5.74) is 0.955.